The molecule has 3 aromatic rings. The van der Waals surface area contributed by atoms with Gasteiger partial charge in [0.05, 0.1) is 23.1 Å². The van der Waals surface area contributed by atoms with E-state index in [1.165, 1.54) is 17.3 Å². The van der Waals surface area contributed by atoms with Gasteiger partial charge in [0.25, 0.3) is 0 Å². The van der Waals surface area contributed by atoms with Crippen LogP contribution in [0.5, 0.6) is 0 Å². The van der Waals surface area contributed by atoms with Crippen molar-refractivity contribution in [2.24, 2.45) is 5.11 Å². The van der Waals surface area contributed by atoms with Gasteiger partial charge < -0.3 is 4.57 Å². The molecular formula is C16H15BrN6S2. The summed E-state index contributed by atoms with van der Waals surface area (Å²) in [5, 5.41) is 6.33. The zero-order valence-corrected chi connectivity index (χ0v) is 16.9. The van der Waals surface area contributed by atoms with Gasteiger partial charge in [0.15, 0.2) is 5.16 Å². The number of nitrogens with zero attached hydrogens (tertiary/aromatic N) is 6. The monoisotopic (exact) mass is 434 g/mol. The number of rotatable bonds is 6. The number of hydrogen-bond donors (Lipinski definition) is 0. The summed E-state index contributed by atoms with van der Waals surface area (Å²) in [6, 6.07) is 10.2. The van der Waals surface area contributed by atoms with E-state index in [9.17, 15) is 0 Å². The van der Waals surface area contributed by atoms with Gasteiger partial charge in [-0.25, -0.2) is 9.97 Å². The second-order valence-corrected chi connectivity index (χ2v) is 7.47. The van der Waals surface area contributed by atoms with Crippen LogP contribution in [0.2, 0.25) is 0 Å². The smallest absolute Gasteiger partial charge is 0.190 e. The molecule has 25 heavy (non-hydrogen) atoms. The molecule has 0 fully saturated rings. The van der Waals surface area contributed by atoms with Crippen molar-refractivity contribution < 1.29 is 0 Å². The highest BCUT2D eigenvalue weighted by atomic mass is 79.9. The van der Waals surface area contributed by atoms with Gasteiger partial charge in [-0.3, -0.25) is 0 Å². The van der Waals surface area contributed by atoms with Gasteiger partial charge in [-0.1, -0.05) is 47.2 Å². The van der Waals surface area contributed by atoms with Crippen molar-refractivity contribution in [2.45, 2.75) is 23.3 Å². The highest BCUT2D eigenvalue weighted by Gasteiger charge is 2.21. The zero-order chi connectivity index (χ0) is 17.8. The van der Waals surface area contributed by atoms with Crippen LogP contribution in [0.3, 0.4) is 0 Å². The van der Waals surface area contributed by atoms with Crippen LogP contribution in [0.25, 0.3) is 21.5 Å². The maximum atomic E-state index is 8.74. The summed E-state index contributed by atoms with van der Waals surface area (Å²) in [4.78, 5) is 12.2. The molecule has 0 amide bonds. The summed E-state index contributed by atoms with van der Waals surface area (Å²) < 4.78 is 2.98. The number of benzene rings is 1. The maximum Gasteiger partial charge on any atom is 0.190 e. The summed E-state index contributed by atoms with van der Waals surface area (Å²) >= 11 is 6.77. The van der Waals surface area contributed by atoms with Crippen molar-refractivity contribution in [3.63, 3.8) is 0 Å². The maximum absolute atomic E-state index is 8.74. The van der Waals surface area contributed by atoms with E-state index in [4.69, 9.17) is 10.5 Å². The first-order valence-electron chi connectivity index (χ1n) is 7.41. The minimum atomic E-state index is 0.255. The molecule has 6 nitrogen and oxygen atoms in total. The lowest BCUT2D eigenvalue weighted by molar-refractivity contribution is 0.785. The average Bonchev–Trinajstić information content (AvgIpc) is 2.91. The molecule has 0 bridgehead atoms. The normalized spacial score (nSPS) is 10.8. The molecule has 0 unspecified atom stereocenters. The average molecular weight is 435 g/mol. The lowest BCUT2D eigenvalue weighted by Crippen LogP contribution is -2.02. The number of thioether (sulfide) groups is 2. The standard InChI is InChI=1S/C16H15BrN6S2/c1-24-15-12-11(8-19-22-18)13(17)23(9-10-6-4-3-5-7-10)14(12)20-16(21-15)25-2/h3-7H,8-9H2,1-2H3. The molecule has 0 radical (unpaired) electrons. The molecule has 0 aliphatic heterocycles. The number of halogens is 1. The quantitative estimate of drug-likeness (QED) is 0.128. The number of azide groups is 1. The van der Waals surface area contributed by atoms with Crippen LogP contribution >= 0.6 is 39.5 Å². The summed E-state index contributed by atoms with van der Waals surface area (Å²) in [6.07, 6.45) is 3.96. The first-order valence-corrected chi connectivity index (χ1v) is 10.6. The molecule has 0 spiro atoms. The first kappa shape index (κ1) is 18.1. The third-order valence-electron chi connectivity index (χ3n) is 3.73. The van der Waals surface area contributed by atoms with Gasteiger partial charge >= 0.3 is 0 Å². The second kappa shape index (κ2) is 8.14. The fourth-order valence-corrected chi connectivity index (χ4v) is 4.26. The topological polar surface area (TPSA) is 79.5 Å². The Morgan fingerprint density at radius 3 is 2.60 bits per heavy atom. The third-order valence-corrected chi connectivity index (χ3v) is 5.87. The van der Waals surface area contributed by atoms with Gasteiger partial charge in [-0.15, -0.1) is 11.8 Å². The van der Waals surface area contributed by atoms with E-state index in [-0.39, 0.29) is 6.54 Å². The van der Waals surface area contributed by atoms with E-state index >= 15 is 0 Å². The van der Waals surface area contributed by atoms with Gasteiger partial charge in [-0.2, -0.15) is 0 Å². The van der Waals surface area contributed by atoms with E-state index in [0.717, 1.165) is 31.4 Å². The van der Waals surface area contributed by atoms with E-state index in [2.05, 4.69) is 47.6 Å². The summed E-state index contributed by atoms with van der Waals surface area (Å²) in [6.45, 7) is 0.928. The molecule has 0 saturated carbocycles. The highest BCUT2D eigenvalue weighted by molar-refractivity contribution is 9.10. The molecule has 9 heteroatoms. The summed E-state index contributed by atoms with van der Waals surface area (Å²) in [7, 11) is 0. The van der Waals surface area contributed by atoms with Gasteiger partial charge in [0.2, 0.25) is 0 Å². The second-order valence-electron chi connectivity index (χ2n) is 5.15. The number of hydrogen-bond acceptors (Lipinski definition) is 5. The van der Waals surface area contributed by atoms with Gasteiger partial charge in [0, 0.05) is 10.5 Å². The molecule has 0 N–H and O–H groups in total. The minimum absolute atomic E-state index is 0.255. The SMILES string of the molecule is CSc1nc(SC)c2c(CN=[N+]=[N-])c(Br)n(Cc3ccccc3)c2n1. The van der Waals surface area contributed by atoms with Crippen LogP contribution in [0, 0.1) is 0 Å². The van der Waals surface area contributed by atoms with Crippen LogP contribution in [0.15, 0.2) is 50.2 Å². The van der Waals surface area contributed by atoms with Crippen LogP contribution in [0.4, 0.5) is 0 Å². The summed E-state index contributed by atoms with van der Waals surface area (Å²) in [5.41, 5.74) is 11.7. The molecule has 3 rings (SSSR count). The molecular weight excluding hydrogens is 420 g/mol. The Morgan fingerprint density at radius 1 is 1.20 bits per heavy atom. The lowest BCUT2D eigenvalue weighted by Gasteiger charge is -2.08. The van der Waals surface area contributed by atoms with Crippen LogP contribution in [0.1, 0.15) is 11.1 Å². The van der Waals surface area contributed by atoms with E-state index < -0.39 is 0 Å². The predicted octanol–water partition coefficient (Wildman–Crippen LogP) is 5.50. The molecule has 1 aromatic carbocycles. The van der Waals surface area contributed by atoms with E-state index in [1.807, 2.05) is 30.7 Å². The molecule has 0 atom stereocenters. The highest BCUT2D eigenvalue weighted by Crippen LogP contribution is 2.36. The first-order chi connectivity index (χ1) is 12.2. The zero-order valence-electron chi connectivity index (χ0n) is 13.7. The predicted molar refractivity (Wildman–Crippen MR) is 107 cm³/mol. The molecule has 0 aliphatic carbocycles. The van der Waals surface area contributed by atoms with Crippen molar-refractivity contribution >= 4 is 50.5 Å². The van der Waals surface area contributed by atoms with Crippen LogP contribution < -0.4 is 0 Å². The fourth-order valence-electron chi connectivity index (χ4n) is 2.62. The fraction of sp³-hybridized carbons (Fsp3) is 0.250. The molecule has 128 valence electrons. The van der Waals surface area contributed by atoms with Crippen molar-refractivity contribution in [2.75, 3.05) is 12.5 Å². The Bertz CT molecular complexity index is 950. The van der Waals surface area contributed by atoms with Gasteiger partial charge in [-0.05, 0) is 39.5 Å². The van der Waals surface area contributed by atoms with Crippen molar-refractivity contribution in [3.8, 4) is 0 Å². The molecule has 0 saturated heterocycles. The third kappa shape index (κ3) is 3.64. The minimum Gasteiger partial charge on any atom is -0.315 e. The van der Waals surface area contributed by atoms with Crippen molar-refractivity contribution in [3.05, 3.63) is 56.5 Å². The number of fused-ring (bicyclic) bond motifs is 1. The Morgan fingerprint density at radius 2 is 1.96 bits per heavy atom. The molecule has 2 heterocycles. The Balaban J connectivity index is 2.27. The Kier molecular flexibility index (Phi) is 5.90. The number of aromatic nitrogens is 3. The van der Waals surface area contributed by atoms with Gasteiger partial charge in [0.1, 0.15) is 10.7 Å². The van der Waals surface area contributed by atoms with Crippen LogP contribution in [-0.2, 0) is 13.1 Å². The summed E-state index contributed by atoms with van der Waals surface area (Å²) in [5.74, 6) is 0. The van der Waals surface area contributed by atoms with Crippen molar-refractivity contribution in [1.29, 1.82) is 0 Å². The largest absolute Gasteiger partial charge is 0.315 e. The van der Waals surface area contributed by atoms with E-state index in [0.29, 0.717) is 6.54 Å². The molecule has 0 aliphatic rings. The Hall–Kier alpha value is -1.67. The molecule has 2 aromatic heterocycles. The van der Waals surface area contributed by atoms with Crippen LogP contribution in [-0.4, -0.2) is 27.0 Å². The van der Waals surface area contributed by atoms with Crippen molar-refractivity contribution in [1.82, 2.24) is 14.5 Å². The Labute approximate surface area is 162 Å². The van der Waals surface area contributed by atoms with E-state index in [1.54, 1.807) is 11.8 Å². The lowest BCUT2D eigenvalue weighted by atomic mass is 10.2.